The predicted octanol–water partition coefficient (Wildman–Crippen LogP) is 1.89. The third-order valence-electron chi connectivity index (χ3n) is 0.468. The van der Waals surface area contributed by atoms with Crippen molar-refractivity contribution in [1.29, 1.82) is 0 Å². The first-order valence-electron chi connectivity index (χ1n) is 1.32. The van der Waals surface area contributed by atoms with Crippen LogP contribution < -0.4 is 0 Å². The molecular formula is C2HClF2S. The van der Waals surface area contributed by atoms with E-state index in [0.717, 1.165) is 0 Å². The molecule has 0 aromatic rings. The molecule has 0 aromatic heterocycles. The summed E-state index contributed by atoms with van der Waals surface area (Å²) < 4.78 is 21.8. The maximum atomic E-state index is 11.4. The Balaban J connectivity index is 2.41. The first kappa shape index (κ1) is 4.65. The van der Waals surface area contributed by atoms with Crippen molar-refractivity contribution >= 4 is 23.4 Å². The number of rotatable bonds is 0. The standard InChI is InChI=1S/C2HClF2S/c3-1-2(4,5)6-1/h1H. The van der Waals surface area contributed by atoms with Gasteiger partial charge in [-0.3, -0.25) is 0 Å². The van der Waals surface area contributed by atoms with Crippen LogP contribution in [0, 0.1) is 0 Å². The van der Waals surface area contributed by atoms with Crippen molar-refractivity contribution in [1.82, 2.24) is 0 Å². The van der Waals surface area contributed by atoms with E-state index in [2.05, 4.69) is 0 Å². The molecule has 1 fully saturated rings. The minimum Gasteiger partial charge on any atom is -0.191 e. The van der Waals surface area contributed by atoms with E-state index in [0.29, 0.717) is 11.8 Å². The molecule has 1 unspecified atom stereocenters. The summed E-state index contributed by atoms with van der Waals surface area (Å²) in [4.78, 5) is 0. The number of halogens is 3. The monoisotopic (exact) mass is 130 g/mol. The minimum absolute atomic E-state index is 0.481. The molecule has 1 aliphatic rings. The zero-order valence-electron chi connectivity index (χ0n) is 2.62. The highest BCUT2D eigenvalue weighted by atomic mass is 35.5. The third kappa shape index (κ3) is 0.611. The van der Waals surface area contributed by atoms with Crippen LogP contribution in [0.1, 0.15) is 0 Å². The summed E-state index contributed by atoms with van der Waals surface area (Å²) in [7, 11) is 0. The van der Waals surface area contributed by atoms with Crippen LogP contribution in [0.15, 0.2) is 0 Å². The molecule has 6 heavy (non-hydrogen) atoms. The van der Waals surface area contributed by atoms with Gasteiger partial charge in [-0.25, -0.2) is 0 Å². The SMILES string of the molecule is FC1(F)SC1Cl. The Morgan fingerprint density at radius 3 is 1.83 bits per heavy atom. The molecule has 0 aliphatic carbocycles. The lowest BCUT2D eigenvalue weighted by Gasteiger charge is -1.77. The molecule has 4 heteroatoms. The maximum Gasteiger partial charge on any atom is 0.320 e. The van der Waals surface area contributed by atoms with Crippen molar-refractivity contribution in [2.45, 2.75) is 9.96 Å². The zero-order chi connectivity index (χ0) is 4.78. The van der Waals surface area contributed by atoms with Gasteiger partial charge in [0, 0.05) is 0 Å². The highest BCUT2D eigenvalue weighted by molar-refractivity contribution is 8.09. The summed E-state index contributed by atoms with van der Waals surface area (Å²) in [5.74, 6) is 0. The summed E-state index contributed by atoms with van der Waals surface area (Å²) in [6, 6.07) is 0. The van der Waals surface area contributed by atoms with Crippen molar-refractivity contribution < 1.29 is 8.78 Å². The van der Waals surface area contributed by atoms with Gasteiger partial charge in [-0.15, -0.1) is 11.6 Å². The van der Waals surface area contributed by atoms with E-state index in [1.165, 1.54) is 0 Å². The number of hydrogen-bond acceptors (Lipinski definition) is 1. The fourth-order valence-electron chi connectivity index (χ4n) is 0.104. The highest BCUT2D eigenvalue weighted by Gasteiger charge is 2.57. The molecule has 0 bridgehead atoms. The Morgan fingerprint density at radius 1 is 1.67 bits per heavy atom. The van der Waals surface area contributed by atoms with Crippen LogP contribution in [0.2, 0.25) is 0 Å². The molecule has 0 N–H and O–H groups in total. The quantitative estimate of drug-likeness (QED) is 0.357. The molecule has 36 valence electrons. The lowest BCUT2D eigenvalue weighted by Crippen LogP contribution is -1.88. The van der Waals surface area contributed by atoms with Crippen LogP contribution in [0.3, 0.4) is 0 Å². The van der Waals surface area contributed by atoms with E-state index in [9.17, 15) is 8.78 Å². The van der Waals surface area contributed by atoms with Crippen LogP contribution in [-0.2, 0) is 0 Å². The second-order valence-corrected chi connectivity index (χ2v) is 2.94. The summed E-state index contributed by atoms with van der Waals surface area (Å²) >= 11 is 5.37. The van der Waals surface area contributed by atoms with Gasteiger partial charge in [0.25, 0.3) is 0 Å². The van der Waals surface area contributed by atoms with Gasteiger partial charge < -0.3 is 0 Å². The van der Waals surface area contributed by atoms with Gasteiger partial charge >= 0.3 is 5.25 Å². The van der Waals surface area contributed by atoms with Crippen molar-refractivity contribution in [3.8, 4) is 0 Å². The Morgan fingerprint density at radius 2 is 1.83 bits per heavy atom. The van der Waals surface area contributed by atoms with Crippen LogP contribution in [0.5, 0.6) is 0 Å². The Labute approximate surface area is 42.9 Å². The zero-order valence-corrected chi connectivity index (χ0v) is 4.19. The molecule has 0 saturated carbocycles. The molecule has 1 aliphatic heterocycles. The Kier molecular flexibility index (Phi) is 0.784. The van der Waals surface area contributed by atoms with Crippen LogP contribution in [0.25, 0.3) is 0 Å². The molecule has 1 saturated heterocycles. The second kappa shape index (κ2) is 1.01. The lowest BCUT2D eigenvalue weighted by molar-refractivity contribution is 0.160. The topological polar surface area (TPSA) is 0 Å². The minimum atomic E-state index is -2.61. The maximum absolute atomic E-state index is 11.4. The highest BCUT2D eigenvalue weighted by Crippen LogP contribution is 2.58. The molecule has 1 atom stereocenters. The summed E-state index contributed by atoms with van der Waals surface area (Å²) in [5.41, 5.74) is 0. The van der Waals surface area contributed by atoms with Crippen molar-refractivity contribution in [3.05, 3.63) is 0 Å². The van der Waals surface area contributed by atoms with E-state index >= 15 is 0 Å². The van der Waals surface area contributed by atoms with Crippen LogP contribution in [0.4, 0.5) is 8.78 Å². The second-order valence-electron chi connectivity index (χ2n) is 0.996. The van der Waals surface area contributed by atoms with Crippen LogP contribution >= 0.6 is 23.4 Å². The fourth-order valence-corrected chi connectivity index (χ4v) is 0.668. The average molecular weight is 131 g/mol. The van der Waals surface area contributed by atoms with Gasteiger partial charge in [0.05, 0.1) is 0 Å². The van der Waals surface area contributed by atoms with Gasteiger partial charge in [-0.05, 0) is 0 Å². The largest absolute Gasteiger partial charge is 0.320 e. The lowest BCUT2D eigenvalue weighted by atomic mass is 10.9. The van der Waals surface area contributed by atoms with Crippen molar-refractivity contribution in [2.75, 3.05) is 0 Å². The molecule has 0 spiro atoms. The van der Waals surface area contributed by atoms with Gasteiger partial charge in [0.15, 0.2) is 4.71 Å². The molecule has 0 nitrogen and oxygen atoms in total. The first-order chi connectivity index (χ1) is 2.63. The fraction of sp³-hybridized carbons (Fsp3) is 1.00. The van der Waals surface area contributed by atoms with Crippen molar-refractivity contribution in [3.63, 3.8) is 0 Å². The molecule has 0 radical (unpaired) electrons. The molecule has 1 rings (SSSR count). The number of thioether (sulfide) groups is 1. The summed E-state index contributed by atoms with van der Waals surface area (Å²) in [5, 5.41) is -2.61. The normalized spacial score (nSPS) is 39.5. The van der Waals surface area contributed by atoms with Gasteiger partial charge in [-0.1, -0.05) is 11.8 Å². The van der Waals surface area contributed by atoms with Gasteiger partial charge in [-0.2, -0.15) is 8.78 Å². The smallest absolute Gasteiger partial charge is 0.191 e. The van der Waals surface area contributed by atoms with Gasteiger partial charge in [0.2, 0.25) is 0 Å². The summed E-state index contributed by atoms with van der Waals surface area (Å²) in [6.07, 6.45) is 0. The average Bonchev–Trinajstić information content (AvgIpc) is 1.73. The van der Waals surface area contributed by atoms with Crippen molar-refractivity contribution in [2.24, 2.45) is 0 Å². The van der Waals surface area contributed by atoms with E-state index in [-0.39, 0.29) is 0 Å². The Bertz CT molecular complexity index is 73.9. The molecule has 1 heterocycles. The molecule has 0 aromatic carbocycles. The van der Waals surface area contributed by atoms with Gasteiger partial charge in [0.1, 0.15) is 0 Å². The van der Waals surface area contributed by atoms with E-state index in [4.69, 9.17) is 11.6 Å². The van der Waals surface area contributed by atoms with Crippen LogP contribution in [-0.4, -0.2) is 9.96 Å². The third-order valence-corrected chi connectivity index (χ3v) is 1.94. The first-order valence-corrected chi connectivity index (χ1v) is 2.64. The number of alkyl halides is 3. The predicted molar refractivity (Wildman–Crippen MR) is 22.2 cm³/mol. The number of hydrogen-bond donors (Lipinski definition) is 0. The molecule has 0 amide bonds. The van der Waals surface area contributed by atoms with E-state index in [1.54, 1.807) is 0 Å². The summed E-state index contributed by atoms with van der Waals surface area (Å²) in [6.45, 7) is 0. The van der Waals surface area contributed by atoms with E-state index < -0.39 is 9.96 Å². The molecular weight excluding hydrogens is 130 g/mol. The Hall–Kier alpha value is 0.500. The van der Waals surface area contributed by atoms with E-state index in [1.807, 2.05) is 0 Å².